The number of para-hydroxylation sites is 1. The second kappa shape index (κ2) is 7.41. The number of halogens is 3. The van der Waals surface area contributed by atoms with Gasteiger partial charge in [-0.05, 0) is 66.4 Å². The normalized spacial score (nSPS) is 15.3. The van der Waals surface area contributed by atoms with E-state index in [9.17, 15) is 13.2 Å². The van der Waals surface area contributed by atoms with Crippen molar-refractivity contribution in [1.82, 2.24) is 20.2 Å². The first kappa shape index (κ1) is 20.4. The minimum absolute atomic E-state index is 0.377. The number of alkyl halides is 3. The van der Waals surface area contributed by atoms with Gasteiger partial charge in [0.25, 0.3) is 0 Å². The smallest absolute Gasteiger partial charge is 0.357 e. The number of aromatic nitrogens is 4. The van der Waals surface area contributed by atoms with Crippen LogP contribution in [0.1, 0.15) is 55.7 Å². The topological polar surface area (TPSA) is 46.8 Å². The monoisotopic (exact) mass is 415 g/mol. The van der Waals surface area contributed by atoms with Crippen LogP contribution in [0.15, 0.2) is 48.5 Å². The molecule has 0 saturated heterocycles. The third kappa shape index (κ3) is 3.55. The fourth-order valence-electron chi connectivity index (χ4n) is 3.93. The lowest BCUT2D eigenvalue weighted by atomic mass is 9.98. The van der Waals surface area contributed by atoms with Crippen LogP contribution in [0.25, 0.3) is 0 Å². The van der Waals surface area contributed by atoms with Crippen molar-refractivity contribution in [2.45, 2.75) is 51.4 Å². The molecule has 30 heavy (non-hydrogen) atoms. The molecule has 2 heterocycles. The molecule has 0 N–H and O–H groups in total. The molecule has 1 aromatic heterocycles. The van der Waals surface area contributed by atoms with Crippen LogP contribution in [0.4, 0.5) is 18.9 Å². The second-order valence-electron chi connectivity index (χ2n) is 8.21. The lowest BCUT2D eigenvalue weighted by Gasteiger charge is -2.33. The molecule has 1 aliphatic heterocycles. The van der Waals surface area contributed by atoms with Gasteiger partial charge in [0.05, 0.1) is 11.1 Å². The minimum Gasteiger partial charge on any atom is -0.357 e. The highest BCUT2D eigenvalue weighted by molar-refractivity contribution is 5.60. The van der Waals surface area contributed by atoms with Gasteiger partial charge >= 0.3 is 6.18 Å². The van der Waals surface area contributed by atoms with E-state index in [1.807, 2.05) is 39.0 Å². The summed E-state index contributed by atoms with van der Waals surface area (Å²) in [6.07, 6.45) is -2.82. The second-order valence-corrected chi connectivity index (χ2v) is 8.21. The van der Waals surface area contributed by atoms with Crippen LogP contribution in [0.2, 0.25) is 0 Å². The first-order chi connectivity index (χ1) is 14.2. The largest absolute Gasteiger partial charge is 0.416 e. The molecule has 5 nitrogen and oxygen atoms in total. The number of hydrogen-bond acceptors (Lipinski definition) is 4. The Hall–Kier alpha value is -2.90. The molecule has 158 valence electrons. The summed E-state index contributed by atoms with van der Waals surface area (Å²) in [5, 5.41) is 12.4. The number of hydrogen-bond donors (Lipinski definition) is 0. The average molecular weight is 415 g/mol. The van der Waals surface area contributed by atoms with E-state index in [0.717, 1.165) is 24.6 Å². The van der Waals surface area contributed by atoms with Crippen molar-refractivity contribution in [1.29, 1.82) is 0 Å². The maximum absolute atomic E-state index is 13.5. The summed E-state index contributed by atoms with van der Waals surface area (Å²) in [6.45, 7) is 6.76. The Balaban J connectivity index is 1.90. The van der Waals surface area contributed by atoms with Gasteiger partial charge in [-0.1, -0.05) is 37.3 Å². The average Bonchev–Trinajstić information content (AvgIpc) is 3.37. The van der Waals surface area contributed by atoms with Crippen molar-refractivity contribution in [2.75, 3.05) is 11.4 Å². The van der Waals surface area contributed by atoms with E-state index in [1.54, 1.807) is 10.7 Å². The van der Waals surface area contributed by atoms with Crippen molar-refractivity contribution in [3.05, 3.63) is 71.0 Å². The SMILES string of the molecule is CCC(C)(C)n1nnnc1C(c1cccc(C(F)(F)F)c1)N1CCc2ccccc21. The lowest BCUT2D eigenvalue weighted by Crippen LogP contribution is -2.35. The standard InChI is InChI=1S/C22H24F3N5/c1-4-21(2,3)30-20(26-27-28-30)19(16-9-7-10-17(14-16)22(23,24)25)29-13-12-15-8-5-6-11-18(15)29/h5-11,14,19H,4,12-13H2,1-3H3. The Morgan fingerprint density at radius 3 is 2.57 bits per heavy atom. The van der Waals surface area contributed by atoms with Crippen molar-refractivity contribution in [3.8, 4) is 0 Å². The maximum atomic E-state index is 13.5. The molecule has 0 amide bonds. The van der Waals surface area contributed by atoms with Gasteiger partial charge in [0.15, 0.2) is 5.82 Å². The highest BCUT2D eigenvalue weighted by Crippen LogP contribution is 2.40. The maximum Gasteiger partial charge on any atom is 0.416 e. The number of nitrogens with zero attached hydrogens (tertiary/aromatic N) is 5. The Morgan fingerprint density at radius 1 is 1.07 bits per heavy atom. The van der Waals surface area contributed by atoms with Gasteiger partial charge in [0.2, 0.25) is 0 Å². The molecule has 2 aromatic carbocycles. The predicted octanol–water partition coefficient (Wildman–Crippen LogP) is 4.99. The van der Waals surface area contributed by atoms with Crippen LogP contribution in [-0.2, 0) is 18.1 Å². The van der Waals surface area contributed by atoms with E-state index in [2.05, 4.69) is 26.5 Å². The van der Waals surface area contributed by atoms with Crippen LogP contribution in [0.5, 0.6) is 0 Å². The van der Waals surface area contributed by atoms with E-state index in [4.69, 9.17) is 0 Å². The van der Waals surface area contributed by atoms with Gasteiger partial charge in [-0.2, -0.15) is 13.2 Å². The zero-order valence-corrected chi connectivity index (χ0v) is 17.2. The Labute approximate surface area is 173 Å². The number of benzene rings is 2. The van der Waals surface area contributed by atoms with Crippen LogP contribution in [0, 0.1) is 0 Å². The van der Waals surface area contributed by atoms with Gasteiger partial charge in [-0.3, -0.25) is 0 Å². The van der Waals surface area contributed by atoms with E-state index in [1.165, 1.54) is 17.7 Å². The van der Waals surface area contributed by atoms with Crippen LogP contribution >= 0.6 is 0 Å². The van der Waals surface area contributed by atoms with Crippen molar-refractivity contribution < 1.29 is 13.2 Å². The Kier molecular flexibility index (Phi) is 5.03. The van der Waals surface area contributed by atoms with E-state index in [0.29, 0.717) is 17.9 Å². The van der Waals surface area contributed by atoms with Gasteiger partial charge in [0, 0.05) is 12.2 Å². The minimum atomic E-state index is -4.42. The summed E-state index contributed by atoms with van der Waals surface area (Å²) in [5.41, 5.74) is 1.64. The molecule has 4 rings (SSSR count). The molecule has 3 aromatic rings. The summed E-state index contributed by atoms with van der Waals surface area (Å²) in [7, 11) is 0. The van der Waals surface area contributed by atoms with Gasteiger partial charge in [-0.25, -0.2) is 4.68 Å². The summed E-state index contributed by atoms with van der Waals surface area (Å²) in [6, 6.07) is 12.9. The summed E-state index contributed by atoms with van der Waals surface area (Å²) in [5.74, 6) is 0.540. The van der Waals surface area contributed by atoms with Crippen LogP contribution in [-0.4, -0.2) is 26.8 Å². The van der Waals surface area contributed by atoms with E-state index in [-0.39, 0.29) is 5.54 Å². The lowest BCUT2D eigenvalue weighted by molar-refractivity contribution is -0.137. The molecule has 0 radical (unpaired) electrons. The van der Waals surface area contributed by atoms with Gasteiger partial charge < -0.3 is 4.90 Å². The summed E-state index contributed by atoms with van der Waals surface area (Å²) in [4.78, 5) is 2.11. The van der Waals surface area contributed by atoms with Crippen molar-refractivity contribution in [2.24, 2.45) is 0 Å². The molecular weight excluding hydrogens is 391 g/mol. The molecule has 0 saturated carbocycles. The highest BCUT2D eigenvalue weighted by Gasteiger charge is 2.37. The zero-order chi connectivity index (χ0) is 21.5. The third-order valence-electron chi connectivity index (χ3n) is 5.94. The summed E-state index contributed by atoms with van der Waals surface area (Å²) >= 11 is 0. The molecule has 0 spiro atoms. The molecule has 8 heteroatoms. The number of anilines is 1. The molecule has 1 atom stereocenters. The first-order valence-electron chi connectivity index (χ1n) is 10.0. The summed E-state index contributed by atoms with van der Waals surface area (Å²) < 4.78 is 42.1. The van der Waals surface area contributed by atoms with Gasteiger partial charge in [-0.15, -0.1) is 5.10 Å². The van der Waals surface area contributed by atoms with Crippen molar-refractivity contribution in [3.63, 3.8) is 0 Å². The van der Waals surface area contributed by atoms with E-state index < -0.39 is 17.8 Å². The third-order valence-corrected chi connectivity index (χ3v) is 5.94. The zero-order valence-electron chi connectivity index (χ0n) is 17.2. The molecule has 0 fully saturated rings. The van der Waals surface area contributed by atoms with Gasteiger partial charge in [0.1, 0.15) is 6.04 Å². The highest BCUT2D eigenvalue weighted by atomic mass is 19.4. The van der Waals surface area contributed by atoms with Crippen LogP contribution < -0.4 is 4.90 Å². The quantitative estimate of drug-likeness (QED) is 0.589. The van der Waals surface area contributed by atoms with Crippen molar-refractivity contribution >= 4 is 5.69 Å². The Morgan fingerprint density at radius 2 is 1.83 bits per heavy atom. The Bertz CT molecular complexity index is 1040. The molecule has 1 unspecified atom stereocenters. The fraction of sp³-hybridized carbons (Fsp3) is 0.409. The number of tetrazole rings is 1. The fourth-order valence-corrected chi connectivity index (χ4v) is 3.93. The predicted molar refractivity (Wildman–Crippen MR) is 108 cm³/mol. The number of rotatable bonds is 5. The molecule has 0 bridgehead atoms. The molecule has 1 aliphatic rings. The molecule has 0 aliphatic carbocycles. The van der Waals surface area contributed by atoms with Crippen LogP contribution in [0.3, 0.4) is 0 Å². The van der Waals surface area contributed by atoms with E-state index >= 15 is 0 Å². The number of fused-ring (bicyclic) bond motifs is 1. The molecular formula is C22H24F3N5. The first-order valence-corrected chi connectivity index (χ1v) is 10.0.